The first-order valence-corrected chi connectivity index (χ1v) is 5.55. The highest BCUT2D eigenvalue weighted by atomic mass is 15.3. The first kappa shape index (κ1) is 10.6. The summed E-state index contributed by atoms with van der Waals surface area (Å²) in [5.41, 5.74) is 0.506. The Bertz CT molecular complexity index is 342. The minimum absolute atomic E-state index is 0.506. The standard InChI is InChI=1S/C11H20N4/c1-11(2)6-8(11)9(12-3)5-10-13-7-14-15(10)4/h7-9,12H,5-6H2,1-4H3. The molecule has 4 heteroatoms. The molecule has 0 bridgehead atoms. The smallest absolute Gasteiger partial charge is 0.138 e. The predicted octanol–water partition coefficient (Wildman–Crippen LogP) is 0.992. The minimum Gasteiger partial charge on any atom is -0.316 e. The molecule has 0 amide bonds. The van der Waals surface area contributed by atoms with E-state index in [9.17, 15) is 0 Å². The zero-order valence-corrected chi connectivity index (χ0v) is 9.99. The number of likely N-dealkylation sites (N-methyl/N-ethyl adjacent to an activating group) is 1. The minimum atomic E-state index is 0.506. The molecule has 2 rings (SSSR count). The van der Waals surface area contributed by atoms with Crippen molar-refractivity contribution < 1.29 is 0 Å². The second-order valence-electron chi connectivity index (χ2n) is 5.20. The third kappa shape index (κ3) is 2.04. The molecule has 2 unspecified atom stereocenters. The van der Waals surface area contributed by atoms with Gasteiger partial charge in [0, 0.05) is 19.5 Å². The van der Waals surface area contributed by atoms with Crippen molar-refractivity contribution in [3.63, 3.8) is 0 Å². The van der Waals surface area contributed by atoms with E-state index in [0.717, 1.165) is 18.2 Å². The highest BCUT2D eigenvalue weighted by Gasteiger charge is 2.49. The molecule has 1 saturated carbocycles. The Labute approximate surface area is 91.1 Å². The maximum atomic E-state index is 4.27. The molecular formula is C11H20N4. The Morgan fingerprint density at radius 3 is 2.73 bits per heavy atom. The van der Waals surface area contributed by atoms with Crippen molar-refractivity contribution in [2.24, 2.45) is 18.4 Å². The lowest BCUT2D eigenvalue weighted by molar-refractivity contribution is 0.415. The average molecular weight is 208 g/mol. The summed E-state index contributed by atoms with van der Waals surface area (Å²) in [6.45, 7) is 4.66. The van der Waals surface area contributed by atoms with Crippen LogP contribution >= 0.6 is 0 Å². The number of hydrogen-bond donors (Lipinski definition) is 1. The van der Waals surface area contributed by atoms with Crippen molar-refractivity contribution in [1.82, 2.24) is 20.1 Å². The van der Waals surface area contributed by atoms with Crippen LogP contribution in [-0.2, 0) is 13.5 Å². The molecule has 4 nitrogen and oxygen atoms in total. The first-order valence-electron chi connectivity index (χ1n) is 5.55. The summed E-state index contributed by atoms with van der Waals surface area (Å²) in [7, 11) is 3.99. The van der Waals surface area contributed by atoms with Crippen molar-refractivity contribution in [3.05, 3.63) is 12.2 Å². The molecule has 1 aromatic rings. The van der Waals surface area contributed by atoms with E-state index in [1.54, 1.807) is 6.33 Å². The van der Waals surface area contributed by atoms with Gasteiger partial charge in [-0.15, -0.1) is 0 Å². The fraction of sp³-hybridized carbons (Fsp3) is 0.818. The summed E-state index contributed by atoms with van der Waals surface area (Å²) in [6.07, 6.45) is 3.91. The SMILES string of the molecule is CNC(Cc1ncnn1C)C1CC1(C)C. The second-order valence-corrected chi connectivity index (χ2v) is 5.20. The molecular weight excluding hydrogens is 188 g/mol. The number of rotatable bonds is 4. The van der Waals surface area contributed by atoms with Crippen LogP contribution in [0.3, 0.4) is 0 Å². The van der Waals surface area contributed by atoms with Gasteiger partial charge in [0.15, 0.2) is 0 Å². The molecule has 1 aliphatic carbocycles. The Hall–Kier alpha value is -0.900. The molecule has 1 aliphatic rings. The van der Waals surface area contributed by atoms with E-state index in [1.807, 2.05) is 18.8 Å². The first-order chi connectivity index (χ1) is 7.04. The maximum absolute atomic E-state index is 4.27. The lowest BCUT2D eigenvalue weighted by Crippen LogP contribution is -2.32. The van der Waals surface area contributed by atoms with Gasteiger partial charge in [-0.3, -0.25) is 4.68 Å². The maximum Gasteiger partial charge on any atom is 0.138 e. The molecule has 0 saturated heterocycles. The quantitative estimate of drug-likeness (QED) is 0.802. The molecule has 2 atom stereocenters. The second kappa shape index (κ2) is 3.59. The number of hydrogen-bond acceptors (Lipinski definition) is 3. The molecule has 1 fully saturated rings. The van der Waals surface area contributed by atoms with Crippen molar-refractivity contribution in [2.75, 3.05) is 7.05 Å². The third-order valence-corrected chi connectivity index (χ3v) is 3.65. The van der Waals surface area contributed by atoms with Crippen LogP contribution in [0.1, 0.15) is 26.1 Å². The van der Waals surface area contributed by atoms with Crippen LogP contribution in [0, 0.1) is 11.3 Å². The van der Waals surface area contributed by atoms with Gasteiger partial charge in [-0.1, -0.05) is 13.8 Å². The van der Waals surface area contributed by atoms with E-state index in [0.29, 0.717) is 11.5 Å². The summed E-state index contributed by atoms with van der Waals surface area (Å²) >= 11 is 0. The van der Waals surface area contributed by atoms with E-state index in [1.165, 1.54) is 6.42 Å². The van der Waals surface area contributed by atoms with Gasteiger partial charge in [0.25, 0.3) is 0 Å². The van der Waals surface area contributed by atoms with Crippen molar-refractivity contribution in [2.45, 2.75) is 32.7 Å². The van der Waals surface area contributed by atoms with E-state index >= 15 is 0 Å². The Balaban J connectivity index is 2.01. The molecule has 1 heterocycles. The van der Waals surface area contributed by atoms with Crippen LogP contribution < -0.4 is 5.32 Å². The third-order valence-electron chi connectivity index (χ3n) is 3.65. The van der Waals surface area contributed by atoms with Gasteiger partial charge in [-0.25, -0.2) is 4.98 Å². The van der Waals surface area contributed by atoms with Crippen LogP contribution in [-0.4, -0.2) is 27.9 Å². The van der Waals surface area contributed by atoms with Gasteiger partial charge >= 0.3 is 0 Å². The summed E-state index contributed by atoms with van der Waals surface area (Å²) < 4.78 is 1.86. The van der Waals surface area contributed by atoms with E-state index in [4.69, 9.17) is 0 Å². The molecule has 0 aromatic carbocycles. The highest BCUT2D eigenvalue weighted by Crippen LogP contribution is 2.53. The molecule has 0 aliphatic heterocycles. The van der Waals surface area contributed by atoms with E-state index in [-0.39, 0.29) is 0 Å². The number of aryl methyl sites for hydroxylation is 1. The van der Waals surface area contributed by atoms with Crippen molar-refractivity contribution in [3.8, 4) is 0 Å². The lowest BCUT2D eigenvalue weighted by Gasteiger charge is -2.17. The normalized spacial score (nSPS) is 25.2. The Morgan fingerprint density at radius 2 is 2.33 bits per heavy atom. The lowest BCUT2D eigenvalue weighted by atomic mass is 10.0. The summed E-state index contributed by atoms with van der Waals surface area (Å²) in [4.78, 5) is 4.27. The number of aromatic nitrogens is 3. The predicted molar refractivity (Wildman–Crippen MR) is 59.4 cm³/mol. The molecule has 1 N–H and O–H groups in total. The average Bonchev–Trinajstić information content (AvgIpc) is 2.62. The number of nitrogens with zero attached hydrogens (tertiary/aromatic N) is 3. The fourth-order valence-corrected chi connectivity index (χ4v) is 2.34. The summed E-state index contributed by atoms with van der Waals surface area (Å²) in [6, 6.07) is 0.530. The van der Waals surface area contributed by atoms with Crippen molar-refractivity contribution >= 4 is 0 Å². The van der Waals surface area contributed by atoms with E-state index in [2.05, 4.69) is 29.2 Å². The monoisotopic (exact) mass is 208 g/mol. The zero-order chi connectivity index (χ0) is 11.1. The summed E-state index contributed by atoms with van der Waals surface area (Å²) in [5, 5.41) is 7.50. The van der Waals surface area contributed by atoms with Gasteiger partial charge in [0.2, 0.25) is 0 Å². The summed E-state index contributed by atoms with van der Waals surface area (Å²) in [5.74, 6) is 1.84. The van der Waals surface area contributed by atoms with Crippen LogP contribution in [0.2, 0.25) is 0 Å². The topological polar surface area (TPSA) is 42.7 Å². The van der Waals surface area contributed by atoms with Gasteiger partial charge in [0.1, 0.15) is 12.2 Å². The zero-order valence-electron chi connectivity index (χ0n) is 9.99. The van der Waals surface area contributed by atoms with Crippen LogP contribution in [0.15, 0.2) is 6.33 Å². The fourth-order valence-electron chi connectivity index (χ4n) is 2.34. The molecule has 0 radical (unpaired) electrons. The van der Waals surface area contributed by atoms with Gasteiger partial charge < -0.3 is 5.32 Å². The van der Waals surface area contributed by atoms with Crippen LogP contribution in [0.5, 0.6) is 0 Å². The van der Waals surface area contributed by atoms with Crippen molar-refractivity contribution in [1.29, 1.82) is 0 Å². The number of nitrogens with one attached hydrogen (secondary N) is 1. The van der Waals surface area contributed by atoms with Crippen LogP contribution in [0.4, 0.5) is 0 Å². The van der Waals surface area contributed by atoms with Gasteiger partial charge in [-0.05, 0) is 24.8 Å². The highest BCUT2D eigenvalue weighted by molar-refractivity contribution is 5.04. The van der Waals surface area contributed by atoms with Crippen LogP contribution in [0.25, 0.3) is 0 Å². The van der Waals surface area contributed by atoms with Gasteiger partial charge in [-0.2, -0.15) is 5.10 Å². The Kier molecular flexibility index (Phi) is 2.54. The Morgan fingerprint density at radius 1 is 1.67 bits per heavy atom. The largest absolute Gasteiger partial charge is 0.316 e. The molecule has 0 spiro atoms. The molecule has 15 heavy (non-hydrogen) atoms. The molecule has 84 valence electrons. The molecule has 1 aromatic heterocycles. The van der Waals surface area contributed by atoms with Gasteiger partial charge in [0.05, 0.1) is 0 Å². The van der Waals surface area contributed by atoms with E-state index < -0.39 is 0 Å².